The van der Waals surface area contributed by atoms with Crippen LogP contribution in [0.25, 0.3) is 0 Å². The highest BCUT2D eigenvalue weighted by atomic mass is 16.4. The molecule has 1 unspecified atom stereocenters. The van der Waals surface area contributed by atoms with Gasteiger partial charge in [-0.3, -0.25) is 14.5 Å². The van der Waals surface area contributed by atoms with Gasteiger partial charge in [0.15, 0.2) is 0 Å². The van der Waals surface area contributed by atoms with Gasteiger partial charge in [0.05, 0.1) is 6.04 Å². The van der Waals surface area contributed by atoms with E-state index < -0.39 is 5.97 Å². The molecule has 98 valence electrons. The van der Waals surface area contributed by atoms with Crippen LogP contribution in [0, 0.1) is 5.92 Å². The summed E-state index contributed by atoms with van der Waals surface area (Å²) in [6.07, 6.45) is 3.46. The van der Waals surface area contributed by atoms with Gasteiger partial charge in [0, 0.05) is 0 Å². The highest BCUT2D eigenvalue weighted by Crippen LogP contribution is 2.17. The molecule has 0 aromatic rings. The van der Waals surface area contributed by atoms with E-state index in [1.165, 1.54) is 6.42 Å². The van der Waals surface area contributed by atoms with Crippen molar-refractivity contribution in [3.63, 3.8) is 0 Å². The Morgan fingerprint density at radius 1 is 1.24 bits per heavy atom. The number of carbonyl (C=O) groups excluding carboxylic acids is 1. The Morgan fingerprint density at radius 3 is 2.29 bits per heavy atom. The SMILES string of the molecule is CC(C)C(C(=O)NCC(=O)O)N1CCCCC1. The largest absolute Gasteiger partial charge is 0.480 e. The number of likely N-dealkylation sites (tertiary alicyclic amines) is 1. The fourth-order valence-corrected chi connectivity index (χ4v) is 2.35. The summed E-state index contributed by atoms with van der Waals surface area (Å²) in [5, 5.41) is 11.0. The normalized spacial score (nSPS) is 19.0. The van der Waals surface area contributed by atoms with Crippen molar-refractivity contribution in [1.29, 1.82) is 0 Å². The number of rotatable bonds is 5. The van der Waals surface area contributed by atoms with Gasteiger partial charge >= 0.3 is 5.97 Å². The predicted octanol–water partition coefficient (Wildman–Crippen LogP) is 0.698. The van der Waals surface area contributed by atoms with E-state index >= 15 is 0 Å². The van der Waals surface area contributed by atoms with Crippen molar-refractivity contribution in [3.8, 4) is 0 Å². The molecule has 1 amide bonds. The van der Waals surface area contributed by atoms with E-state index in [9.17, 15) is 9.59 Å². The van der Waals surface area contributed by atoms with Crippen molar-refractivity contribution < 1.29 is 14.7 Å². The standard InChI is InChI=1S/C12H22N2O3/c1-9(2)11(12(17)13-8-10(15)16)14-6-4-3-5-7-14/h9,11H,3-8H2,1-2H3,(H,13,17)(H,15,16). The minimum Gasteiger partial charge on any atom is -0.480 e. The second-order valence-corrected chi connectivity index (χ2v) is 4.90. The molecule has 0 radical (unpaired) electrons. The number of amides is 1. The molecule has 17 heavy (non-hydrogen) atoms. The molecular weight excluding hydrogens is 220 g/mol. The molecule has 0 aromatic heterocycles. The van der Waals surface area contributed by atoms with Gasteiger partial charge in [0.2, 0.25) is 5.91 Å². The number of piperidine rings is 1. The molecule has 1 heterocycles. The number of aliphatic carboxylic acids is 1. The van der Waals surface area contributed by atoms with Crippen LogP contribution in [0.2, 0.25) is 0 Å². The van der Waals surface area contributed by atoms with Gasteiger partial charge in [0.1, 0.15) is 6.54 Å². The fourth-order valence-electron chi connectivity index (χ4n) is 2.35. The molecule has 1 rings (SSSR count). The summed E-state index contributed by atoms with van der Waals surface area (Å²) in [7, 11) is 0. The quantitative estimate of drug-likeness (QED) is 0.744. The first-order valence-corrected chi connectivity index (χ1v) is 6.26. The van der Waals surface area contributed by atoms with Crippen LogP contribution >= 0.6 is 0 Å². The van der Waals surface area contributed by atoms with Crippen molar-refractivity contribution in [3.05, 3.63) is 0 Å². The monoisotopic (exact) mass is 242 g/mol. The molecular formula is C12H22N2O3. The zero-order chi connectivity index (χ0) is 12.8. The number of nitrogens with one attached hydrogen (secondary N) is 1. The van der Waals surface area contributed by atoms with Crippen LogP contribution in [0.3, 0.4) is 0 Å². The number of carbonyl (C=O) groups is 2. The van der Waals surface area contributed by atoms with Crippen LogP contribution in [0.15, 0.2) is 0 Å². The maximum absolute atomic E-state index is 12.0. The molecule has 1 aliphatic heterocycles. The lowest BCUT2D eigenvalue weighted by Crippen LogP contribution is -2.52. The smallest absolute Gasteiger partial charge is 0.322 e. The average Bonchev–Trinajstić information content (AvgIpc) is 2.27. The van der Waals surface area contributed by atoms with Gasteiger partial charge < -0.3 is 10.4 Å². The lowest BCUT2D eigenvalue weighted by atomic mass is 9.98. The highest BCUT2D eigenvalue weighted by molar-refractivity contribution is 5.85. The summed E-state index contributed by atoms with van der Waals surface area (Å²) in [6, 6.07) is -0.199. The summed E-state index contributed by atoms with van der Waals surface area (Å²) in [5.41, 5.74) is 0. The van der Waals surface area contributed by atoms with Crippen LogP contribution < -0.4 is 5.32 Å². The lowest BCUT2D eigenvalue weighted by molar-refractivity contribution is -0.139. The zero-order valence-electron chi connectivity index (χ0n) is 10.6. The van der Waals surface area contributed by atoms with Gasteiger partial charge in [-0.15, -0.1) is 0 Å². The lowest BCUT2D eigenvalue weighted by Gasteiger charge is -2.35. The Morgan fingerprint density at radius 2 is 1.82 bits per heavy atom. The molecule has 0 saturated carbocycles. The summed E-state index contributed by atoms with van der Waals surface area (Å²) in [6.45, 7) is 5.57. The predicted molar refractivity (Wildman–Crippen MR) is 64.7 cm³/mol. The number of hydrogen-bond donors (Lipinski definition) is 2. The van der Waals surface area contributed by atoms with E-state index in [-0.39, 0.29) is 24.4 Å². The molecule has 0 bridgehead atoms. The third kappa shape index (κ3) is 4.34. The topological polar surface area (TPSA) is 69.6 Å². The van der Waals surface area contributed by atoms with Gasteiger partial charge in [-0.1, -0.05) is 20.3 Å². The van der Waals surface area contributed by atoms with Crippen molar-refractivity contribution in [2.75, 3.05) is 19.6 Å². The molecule has 2 N–H and O–H groups in total. The molecule has 5 nitrogen and oxygen atoms in total. The van der Waals surface area contributed by atoms with Crippen LogP contribution in [0.1, 0.15) is 33.1 Å². The minimum atomic E-state index is -1.00. The molecule has 1 fully saturated rings. The Kier molecular flexibility index (Phi) is 5.41. The van der Waals surface area contributed by atoms with Crippen LogP contribution in [0.4, 0.5) is 0 Å². The van der Waals surface area contributed by atoms with E-state index in [1.807, 2.05) is 13.8 Å². The first-order chi connectivity index (χ1) is 8.02. The Bertz CT molecular complexity index is 273. The molecule has 1 atom stereocenters. The number of nitrogens with zero attached hydrogens (tertiary/aromatic N) is 1. The van der Waals surface area contributed by atoms with E-state index in [4.69, 9.17) is 5.11 Å². The summed E-state index contributed by atoms with van der Waals surface area (Å²) >= 11 is 0. The van der Waals surface area contributed by atoms with Crippen molar-refractivity contribution in [2.45, 2.75) is 39.2 Å². The fraction of sp³-hybridized carbons (Fsp3) is 0.833. The number of carboxylic acids is 1. The van der Waals surface area contributed by atoms with Crippen molar-refractivity contribution >= 4 is 11.9 Å². The van der Waals surface area contributed by atoms with Crippen molar-refractivity contribution in [1.82, 2.24) is 10.2 Å². The molecule has 0 aromatic carbocycles. The van der Waals surface area contributed by atoms with E-state index in [0.29, 0.717) is 0 Å². The van der Waals surface area contributed by atoms with Crippen LogP contribution in [0.5, 0.6) is 0 Å². The van der Waals surface area contributed by atoms with Gasteiger partial charge in [-0.2, -0.15) is 0 Å². The number of hydrogen-bond acceptors (Lipinski definition) is 3. The number of carboxylic acid groups (broad SMARTS) is 1. The maximum Gasteiger partial charge on any atom is 0.322 e. The Balaban J connectivity index is 2.57. The summed E-state index contributed by atoms with van der Waals surface area (Å²) < 4.78 is 0. The first-order valence-electron chi connectivity index (χ1n) is 6.26. The maximum atomic E-state index is 12.0. The highest BCUT2D eigenvalue weighted by Gasteiger charge is 2.29. The van der Waals surface area contributed by atoms with Crippen LogP contribution in [-0.2, 0) is 9.59 Å². The first kappa shape index (κ1) is 14.0. The third-order valence-corrected chi connectivity index (χ3v) is 3.10. The van der Waals surface area contributed by atoms with Crippen LogP contribution in [-0.4, -0.2) is 47.6 Å². The summed E-state index contributed by atoms with van der Waals surface area (Å²) in [4.78, 5) is 24.6. The molecule has 1 aliphatic rings. The van der Waals surface area contributed by atoms with Gasteiger partial charge in [0.25, 0.3) is 0 Å². The molecule has 5 heteroatoms. The summed E-state index contributed by atoms with van der Waals surface area (Å²) in [5.74, 6) is -0.967. The Labute approximate surface area is 102 Å². The second-order valence-electron chi connectivity index (χ2n) is 4.90. The molecule has 0 aliphatic carbocycles. The second kappa shape index (κ2) is 6.59. The Hall–Kier alpha value is -1.10. The van der Waals surface area contributed by atoms with Gasteiger partial charge in [-0.05, 0) is 31.8 Å². The molecule has 0 spiro atoms. The zero-order valence-corrected chi connectivity index (χ0v) is 10.6. The van der Waals surface area contributed by atoms with E-state index in [1.54, 1.807) is 0 Å². The molecule has 1 saturated heterocycles. The van der Waals surface area contributed by atoms with Gasteiger partial charge in [-0.25, -0.2) is 0 Å². The van der Waals surface area contributed by atoms with Crippen molar-refractivity contribution in [2.24, 2.45) is 5.92 Å². The van der Waals surface area contributed by atoms with E-state index in [2.05, 4.69) is 10.2 Å². The third-order valence-electron chi connectivity index (χ3n) is 3.10. The minimum absolute atomic E-state index is 0.163. The van der Waals surface area contributed by atoms with E-state index in [0.717, 1.165) is 25.9 Å². The average molecular weight is 242 g/mol.